The summed E-state index contributed by atoms with van der Waals surface area (Å²) in [5.41, 5.74) is 0.459. The Morgan fingerprint density at radius 1 is 1.39 bits per heavy atom. The molecule has 104 valence electrons. The molecule has 1 aromatic heterocycles. The van der Waals surface area contributed by atoms with Crippen LogP contribution in [0.5, 0.6) is 0 Å². The van der Waals surface area contributed by atoms with E-state index in [4.69, 9.17) is 4.74 Å². The molecule has 1 N–H and O–H groups in total. The summed E-state index contributed by atoms with van der Waals surface area (Å²) in [5, 5.41) is 14.9. The van der Waals surface area contributed by atoms with Crippen molar-refractivity contribution in [3.05, 3.63) is 18.0 Å². The van der Waals surface area contributed by atoms with Gasteiger partial charge in [-0.25, -0.2) is 0 Å². The van der Waals surface area contributed by atoms with Gasteiger partial charge in [-0.05, 0) is 32.8 Å². The zero-order valence-corrected chi connectivity index (χ0v) is 12.2. The van der Waals surface area contributed by atoms with Gasteiger partial charge in [0.05, 0.1) is 17.4 Å². The van der Waals surface area contributed by atoms with Crippen LogP contribution in [0.3, 0.4) is 0 Å². The lowest BCUT2D eigenvalue weighted by atomic mass is 9.88. The maximum atomic E-state index is 10.4. The standard InChI is InChI=1S/C14H26N2O2/c1-6-14(7-2,18-5)13(17)10-12-8-9-16(15-12)11(3)4/h8-9,11,13,17H,6-7,10H2,1-5H3. The first kappa shape index (κ1) is 15.2. The van der Waals surface area contributed by atoms with Crippen molar-refractivity contribution >= 4 is 0 Å². The zero-order valence-electron chi connectivity index (χ0n) is 12.2. The van der Waals surface area contributed by atoms with E-state index >= 15 is 0 Å². The third kappa shape index (κ3) is 3.12. The highest BCUT2D eigenvalue weighted by Gasteiger charge is 2.34. The molecule has 1 rings (SSSR count). The first-order chi connectivity index (χ1) is 8.49. The molecule has 0 aliphatic rings. The summed E-state index contributed by atoms with van der Waals surface area (Å²) in [7, 11) is 1.67. The lowest BCUT2D eigenvalue weighted by Crippen LogP contribution is -2.44. The van der Waals surface area contributed by atoms with Crippen LogP contribution in [0.15, 0.2) is 12.3 Å². The Bertz CT molecular complexity index is 348. The summed E-state index contributed by atoms with van der Waals surface area (Å²) in [6, 6.07) is 2.31. The molecule has 0 bridgehead atoms. The molecule has 1 unspecified atom stereocenters. The highest BCUT2D eigenvalue weighted by atomic mass is 16.5. The topological polar surface area (TPSA) is 47.3 Å². The Labute approximate surface area is 110 Å². The van der Waals surface area contributed by atoms with Gasteiger partial charge < -0.3 is 9.84 Å². The summed E-state index contributed by atoms with van der Waals surface area (Å²) in [6.07, 6.45) is 3.57. The van der Waals surface area contributed by atoms with Gasteiger partial charge in [0.1, 0.15) is 0 Å². The van der Waals surface area contributed by atoms with E-state index in [1.165, 1.54) is 0 Å². The van der Waals surface area contributed by atoms with E-state index in [-0.39, 0.29) is 0 Å². The van der Waals surface area contributed by atoms with Crippen molar-refractivity contribution in [1.82, 2.24) is 9.78 Å². The first-order valence-corrected chi connectivity index (χ1v) is 6.76. The fraction of sp³-hybridized carbons (Fsp3) is 0.786. The second kappa shape index (κ2) is 6.34. The van der Waals surface area contributed by atoms with E-state index in [0.717, 1.165) is 18.5 Å². The monoisotopic (exact) mass is 254 g/mol. The molecule has 0 aliphatic carbocycles. The average Bonchev–Trinajstić information content (AvgIpc) is 2.81. The summed E-state index contributed by atoms with van der Waals surface area (Å²) in [4.78, 5) is 0. The molecule has 0 spiro atoms. The number of aliphatic hydroxyl groups is 1. The molecule has 1 heterocycles. The van der Waals surface area contributed by atoms with Crippen LogP contribution >= 0.6 is 0 Å². The van der Waals surface area contributed by atoms with Gasteiger partial charge in [-0.2, -0.15) is 5.10 Å². The molecule has 0 amide bonds. The van der Waals surface area contributed by atoms with E-state index in [1.54, 1.807) is 7.11 Å². The van der Waals surface area contributed by atoms with Crippen LogP contribution in [-0.4, -0.2) is 33.7 Å². The fourth-order valence-electron chi connectivity index (χ4n) is 2.30. The third-order valence-electron chi connectivity index (χ3n) is 3.81. The van der Waals surface area contributed by atoms with Crippen molar-refractivity contribution in [2.24, 2.45) is 0 Å². The Balaban J connectivity index is 2.76. The minimum atomic E-state index is -0.520. The second-order valence-corrected chi connectivity index (χ2v) is 5.08. The van der Waals surface area contributed by atoms with Crippen LogP contribution in [0.1, 0.15) is 52.3 Å². The Kier molecular flexibility index (Phi) is 5.35. The van der Waals surface area contributed by atoms with Gasteiger partial charge in [0.25, 0.3) is 0 Å². The second-order valence-electron chi connectivity index (χ2n) is 5.08. The first-order valence-electron chi connectivity index (χ1n) is 6.76. The van der Waals surface area contributed by atoms with Crippen LogP contribution < -0.4 is 0 Å². The molecule has 1 aromatic rings. The van der Waals surface area contributed by atoms with Gasteiger partial charge in [-0.15, -0.1) is 0 Å². The Morgan fingerprint density at radius 2 is 2.00 bits per heavy atom. The normalized spacial score (nSPS) is 14.2. The van der Waals surface area contributed by atoms with Crippen molar-refractivity contribution in [2.75, 3.05) is 7.11 Å². The molecular formula is C14H26N2O2. The zero-order chi connectivity index (χ0) is 13.8. The van der Waals surface area contributed by atoms with Crippen molar-refractivity contribution in [1.29, 1.82) is 0 Å². The van der Waals surface area contributed by atoms with E-state index < -0.39 is 11.7 Å². The number of rotatable bonds is 7. The highest BCUT2D eigenvalue weighted by Crippen LogP contribution is 2.26. The number of nitrogens with zero attached hydrogens (tertiary/aromatic N) is 2. The molecule has 0 aromatic carbocycles. The van der Waals surface area contributed by atoms with E-state index in [1.807, 2.05) is 30.8 Å². The number of ether oxygens (including phenoxy) is 1. The van der Waals surface area contributed by atoms with E-state index in [2.05, 4.69) is 18.9 Å². The van der Waals surface area contributed by atoms with Crippen LogP contribution in [-0.2, 0) is 11.2 Å². The molecule has 1 atom stereocenters. The maximum absolute atomic E-state index is 10.4. The Hall–Kier alpha value is -0.870. The van der Waals surface area contributed by atoms with E-state index in [0.29, 0.717) is 12.5 Å². The molecule has 18 heavy (non-hydrogen) atoms. The maximum Gasteiger partial charge on any atom is 0.0935 e. The van der Waals surface area contributed by atoms with Crippen LogP contribution in [0.25, 0.3) is 0 Å². The molecule has 4 heteroatoms. The van der Waals surface area contributed by atoms with Crippen molar-refractivity contribution in [3.8, 4) is 0 Å². The molecule has 0 saturated carbocycles. The number of methoxy groups -OCH3 is 1. The van der Waals surface area contributed by atoms with Gasteiger partial charge in [0.2, 0.25) is 0 Å². The largest absolute Gasteiger partial charge is 0.390 e. The van der Waals surface area contributed by atoms with Crippen LogP contribution in [0, 0.1) is 0 Å². The van der Waals surface area contributed by atoms with Gasteiger partial charge in [-0.3, -0.25) is 4.68 Å². The fourth-order valence-corrected chi connectivity index (χ4v) is 2.30. The quantitative estimate of drug-likeness (QED) is 0.813. The van der Waals surface area contributed by atoms with Crippen LogP contribution in [0.4, 0.5) is 0 Å². The summed E-state index contributed by atoms with van der Waals surface area (Å²) in [6.45, 7) is 8.27. The molecule has 0 radical (unpaired) electrons. The SMILES string of the molecule is CCC(CC)(OC)C(O)Cc1ccn(C(C)C)n1. The van der Waals surface area contributed by atoms with Gasteiger partial charge >= 0.3 is 0 Å². The van der Waals surface area contributed by atoms with Crippen molar-refractivity contribution in [2.45, 2.75) is 64.7 Å². The minimum Gasteiger partial charge on any atom is -0.390 e. The number of aliphatic hydroxyl groups excluding tert-OH is 1. The summed E-state index contributed by atoms with van der Waals surface area (Å²) in [5.74, 6) is 0. The van der Waals surface area contributed by atoms with Crippen molar-refractivity contribution < 1.29 is 9.84 Å². The lowest BCUT2D eigenvalue weighted by molar-refractivity contribution is -0.107. The number of aromatic nitrogens is 2. The molecule has 0 aliphatic heterocycles. The average molecular weight is 254 g/mol. The highest BCUT2D eigenvalue weighted by molar-refractivity contribution is 5.04. The van der Waals surface area contributed by atoms with Gasteiger partial charge in [-0.1, -0.05) is 13.8 Å². The van der Waals surface area contributed by atoms with Gasteiger partial charge in [0.15, 0.2) is 0 Å². The van der Waals surface area contributed by atoms with Crippen LogP contribution in [0.2, 0.25) is 0 Å². The van der Waals surface area contributed by atoms with Gasteiger partial charge in [0, 0.05) is 25.8 Å². The molecule has 0 fully saturated rings. The molecule has 4 nitrogen and oxygen atoms in total. The lowest BCUT2D eigenvalue weighted by Gasteiger charge is -2.34. The van der Waals surface area contributed by atoms with Crippen molar-refractivity contribution in [3.63, 3.8) is 0 Å². The molecule has 0 saturated heterocycles. The summed E-state index contributed by atoms with van der Waals surface area (Å²) < 4.78 is 7.45. The predicted molar refractivity (Wildman–Crippen MR) is 72.6 cm³/mol. The number of hydrogen-bond donors (Lipinski definition) is 1. The number of hydrogen-bond acceptors (Lipinski definition) is 3. The molecular weight excluding hydrogens is 228 g/mol. The Morgan fingerprint density at radius 3 is 2.39 bits per heavy atom. The third-order valence-corrected chi connectivity index (χ3v) is 3.81. The smallest absolute Gasteiger partial charge is 0.0935 e. The minimum absolute atomic E-state index is 0.348. The van der Waals surface area contributed by atoms with E-state index in [9.17, 15) is 5.11 Å². The predicted octanol–water partition coefficient (Wildman–Crippen LogP) is 2.57. The summed E-state index contributed by atoms with van der Waals surface area (Å²) >= 11 is 0.